The van der Waals surface area contributed by atoms with E-state index in [2.05, 4.69) is 187 Å². The van der Waals surface area contributed by atoms with E-state index in [1.807, 2.05) is 18.6 Å². The number of fused-ring (bicyclic) bond motifs is 5. The van der Waals surface area contributed by atoms with Crippen molar-refractivity contribution < 1.29 is 0 Å². The van der Waals surface area contributed by atoms with Crippen molar-refractivity contribution in [3.05, 3.63) is 168 Å². The van der Waals surface area contributed by atoms with Gasteiger partial charge in [0.1, 0.15) is 0 Å². The average molecular weight is 933 g/mol. The van der Waals surface area contributed by atoms with Gasteiger partial charge in [-0.25, -0.2) is 15.0 Å². The molecule has 0 saturated carbocycles. The molecule has 71 heavy (non-hydrogen) atoms. The van der Waals surface area contributed by atoms with Gasteiger partial charge in [0.25, 0.3) is 0 Å². The lowest BCUT2D eigenvalue weighted by Crippen LogP contribution is -2.11. The first-order valence-electron chi connectivity index (χ1n) is 26.2. The zero-order valence-corrected chi connectivity index (χ0v) is 43.1. The average Bonchev–Trinajstić information content (AvgIpc) is 3.69. The van der Waals surface area contributed by atoms with E-state index in [9.17, 15) is 0 Å². The molecule has 0 aliphatic carbocycles. The van der Waals surface area contributed by atoms with Crippen LogP contribution >= 0.6 is 0 Å². The molecule has 0 amide bonds. The van der Waals surface area contributed by atoms with Gasteiger partial charge in [0.2, 0.25) is 0 Å². The Hall–Kier alpha value is -7.05. The number of aromatic nitrogens is 6. The zero-order valence-electron chi connectivity index (χ0n) is 43.1. The topological polar surface area (TPSA) is 69.4 Å². The molecule has 0 saturated heterocycles. The van der Waals surface area contributed by atoms with Crippen LogP contribution < -0.4 is 0 Å². The van der Waals surface area contributed by atoms with Crippen molar-refractivity contribution in [2.24, 2.45) is 0 Å². The van der Waals surface area contributed by atoms with Crippen LogP contribution in [0.2, 0.25) is 0 Å². The third-order valence-electron chi connectivity index (χ3n) is 14.4. The third-order valence-corrected chi connectivity index (χ3v) is 14.4. The number of benzene rings is 6. The maximum absolute atomic E-state index is 5.33. The summed E-state index contributed by atoms with van der Waals surface area (Å²) in [5.41, 5.74) is 13.6. The van der Waals surface area contributed by atoms with Crippen LogP contribution in [0.15, 0.2) is 146 Å². The van der Waals surface area contributed by atoms with Crippen molar-refractivity contribution in [1.29, 1.82) is 0 Å². The standard InChI is InChI=1S/C65H68N6/c1-9-11-13-15-19-43-35-44(20-16-14-12-10-2)37-52(36-43)71-58-40-49(27-32-53(58)55-38-47-21-17-18-22-48(47)39-59(55)71)60-54-33-34-66-41-56(54)57(42-67-60)63-69-61(45-23-28-50(29-24-45)64(3,4)5)68-62(70-63)46-25-30-51(31-26-46)65(6,7)8/h17-18,21-42H,9-16,19-20H2,1-8H3. The van der Waals surface area contributed by atoms with E-state index in [4.69, 9.17) is 24.9 Å². The zero-order chi connectivity index (χ0) is 49.3. The lowest BCUT2D eigenvalue weighted by Gasteiger charge is -2.19. The summed E-state index contributed by atoms with van der Waals surface area (Å²) in [4.78, 5) is 25.6. The van der Waals surface area contributed by atoms with Gasteiger partial charge in [-0.15, -0.1) is 0 Å². The molecular weight excluding hydrogens is 865 g/mol. The van der Waals surface area contributed by atoms with Crippen molar-refractivity contribution in [3.63, 3.8) is 0 Å². The predicted molar refractivity (Wildman–Crippen MR) is 300 cm³/mol. The van der Waals surface area contributed by atoms with Crippen LogP contribution in [0.5, 0.6) is 0 Å². The van der Waals surface area contributed by atoms with Crippen LogP contribution in [-0.4, -0.2) is 29.5 Å². The molecule has 0 bridgehead atoms. The normalized spacial score (nSPS) is 12.2. The highest BCUT2D eigenvalue weighted by atomic mass is 15.0. The highest BCUT2D eigenvalue weighted by Gasteiger charge is 2.22. The molecule has 10 aromatic rings. The molecule has 6 heteroatoms. The summed E-state index contributed by atoms with van der Waals surface area (Å²) in [7, 11) is 0. The van der Waals surface area contributed by atoms with E-state index >= 15 is 0 Å². The SMILES string of the molecule is CCCCCCc1cc(CCCCCC)cc(-n2c3cc(-c4ncc(-c5nc(-c6ccc(C(C)(C)C)cc6)nc(-c6ccc(C(C)(C)C)cc6)n5)c5cnccc45)ccc3c3cc4ccccc4cc32)c1. The fraction of sp³-hybridized carbons (Fsp3) is 0.308. The molecule has 4 aromatic heterocycles. The van der Waals surface area contributed by atoms with Crippen molar-refractivity contribution in [3.8, 4) is 51.1 Å². The summed E-state index contributed by atoms with van der Waals surface area (Å²) in [6.07, 6.45) is 17.9. The molecule has 358 valence electrons. The second-order valence-corrected chi connectivity index (χ2v) is 21.8. The summed E-state index contributed by atoms with van der Waals surface area (Å²) in [6.45, 7) is 18.0. The number of nitrogens with zero attached hydrogens (tertiary/aromatic N) is 6. The minimum atomic E-state index is 0.0214. The van der Waals surface area contributed by atoms with Crippen molar-refractivity contribution in [1.82, 2.24) is 29.5 Å². The van der Waals surface area contributed by atoms with Crippen molar-refractivity contribution in [2.45, 2.75) is 130 Å². The minimum absolute atomic E-state index is 0.0214. The lowest BCUT2D eigenvalue weighted by atomic mass is 9.86. The first-order chi connectivity index (χ1) is 34.4. The molecule has 0 aliphatic heterocycles. The minimum Gasteiger partial charge on any atom is -0.309 e. The highest BCUT2D eigenvalue weighted by Crippen LogP contribution is 2.40. The molecule has 4 heterocycles. The van der Waals surface area contributed by atoms with E-state index in [0.717, 1.165) is 51.6 Å². The second kappa shape index (κ2) is 20.0. The molecule has 6 nitrogen and oxygen atoms in total. The fourth-order valence-electron chi connectivity index (χ4n) is 10.3. The van der Waals surface area contributed by atoms with Gasteiger partial charge in [0, 0.05) is 68.1 Å². The first kappa shape index (κ1) is 47.6. The van der Waals surface area contributed by atoms with Crippen LogP contribution in [0.1, 0.15) is 129 Å². The fourth-order valence-corrected chi connectivity index (χ4v) is 10.3. The Balaban J connectivity index is 1.13. The molecule has 10 rings (SSSR count). The lowest BCUT2D eigenvalue weighted by molar-refractivity contribution is 0.590. The molecular formula is C65H68N6. The van der Waals surface area contributed by atoms with Gasteiger partial charge in [-0.2, -0.15) is 0 Å². The quantitative estimate of drug-likeness (QED) is 0.0958. The van der Waals surface area contributed by atoms with Gasteiger partial charge >= 0.3 is 0 Å². The van der Waals surface area contributed by atoms with Gasteiger partial charge in [0.05, 0.1) is 16.7 Å². The molecule has 0 spiro atoms. The Morgan fingerprint density at radius 3 is 1.58 bits per heavy atom. The van der Waals surface area contributed by atoms with Gasteiger partial charge in [-0.05, 0) is 106 Å². The number of aryl methyl sites for hydroxylation is 2. The van der Waals surface area contributed by atoms with Crippen molar-refractivity contribution >= 4 is 43.4 Å². The Kier molecular flexibility index (Phi) is 13.4. The van der Waals surface area contributed by atoms with Crippen LogP contribution in [0.25, 0.3) is 94.5 Å². The largest absolute Gasteiger partial charge is 0.309 e. The Labute approximate surface area is 420 Å². The van der Waals surface area contributed by atoms with Crippen LogP contribution in [-0.2, 0) is 23.7 Å². The van der Waals surface area contributed by atoms with Crippen molar-refractivity contribution in [2.75, 3.05) is 0 Å². The predicted octanol–water partition coefficient (Wildman–Crippen LogP) is 17.6. The summed E-state index contributed by atoms with van der Waals surface area (Å²) < 4.78 is 2.53. The molecule has 0 N–H and O–H groups in total. The Bertz CT molecular complexity index is 3410. The Morgan fingerprint density at radius 2 is 1.00 bits per heavy atom. The third kappa shape index (κ3) is 10.00. The molecule has 6 aromatic carbocycles. The Morgan fingerprint density at radius 1 is 0.451 bits per heavy atom. The van der Waals surface area contributed by atoms with Crippen LogP contribution in [0, 0.1) is 0 Å². The van der Waals surface area contributed by atoms with Gasteiger partial charge in [-0.3, -0.25) is 9.97 Å². The number of hydrogen-bond donors (Lipinski definition) is 0. The summed E-state index contributed by atoms with van der Waals surface area (Å²) in [5.74, 6) is 1.79. The molecule has 0 fully saturated rings. The number of rotatable bonds is 15. The summed E-state index contributed by atoms with van der Waals surface area (Å²) in [5, 5.41) is 6.88. The van der Waals surface area contributed by atoms with Crippen LogP contribution in [0.3, 0.4) is 0 Å². The first-order valence-corrected chi connectivity index (χ1v) is 26.2. The van der Waals surface area contributed by atoms with Gasteiger partial charge in [-0.1, -0.05) is 185 Å². The summed E-state index contributed by atoms with van der Waals surface area (Å²) >= 11 is 0. The monoisotopic (exact) mass is 933 g/mol. The maximum Gasteiger partial charge on any atom is 0.166 e. The number of hydrogen-bond acceptors (Lipinski definition) is 5. The van der Waals surface area contributed by atoms with E-state index in [0.29, 0.717) is 17.5 Å². The van der Waals surface area contributed by atoms with Gasteiger partial charge in [0.15, 0.2) is 17.5 Å². The molecule has 0 unspecified atom stereocenters. The number of pyridine rings is 2. The van der Waals surface area contributed by atoms with E-state index in [-0.39, 0.29) is 10.8 Å². The molecule has 0 atom stereocenters. The summed E-state index contributed by atoms with van der Waals surface area (Å²) in [6, 6.07) is 47.2. The maximum atomic E-state index is 5.33. The van der Waals surface area contributed by atoms with E-state index in [1.165, 1.54) is 112 Å². The van der Waals surface area contributed by atoms with Crippen LogP contribution in [0.4, 0.5) is 0 Å². The van der Waals surface area contributed by atoms with E-state index < -0.39 is 0 Å². The van der Waals surface area contributed by atoms with E-state index in [1.54, 1.807) is 0 Å². The molecule has 0 aliphatic rings. The second-order valence-electron chi connectivity index (χ2n) is 21.8. The van der Waals surface area contributed by atoms with Gasteiger partial charge < -0.3 is 4.57 Å². The molecule has 0 radical (unpaired) electrons. The smallest absolute Gasteiger partial charge is 0.166 e. The number of unbranched alkanes of at least 4 members (excludes halogenated alkanes) is 6. The highest BCUT2D eigenvalue weighted by molar-refractivity contribution is 6.15.